The Hall–Kier alpha value is -0.220. The molecule has 1 unspecified atom stereocenters. The van der Waals surface area contributed by atoms with Crippen molar-refractivity contribution in [3.05, 3.63) is 33.5 Å². The third kappa shape index (κ3) is 1.42. The van der Waals surface area contributed by atoms with Crippen LogP contribution in [-0.4, -0.2) is 5.78 Å². The fraction of sp³-hybridized carbons (Fsp3) is 0.417. The molecule has 3 aliphatic rings. The van der Waals surface area contributed by atoms with Gasteiger partial charge in [0.05, 0.1) is 9.30 Å². The van der Waals surface area contributed by atoms with Crippen LogP contribution in [0.1, 0.15) is 34.7 Å². The predicted octanol–water partition coefficient (Wildman–Crippen LogP) is 4.10. The van der Waals surface area contributed by atoms with Crippen molar-refractivity contribution in [2.24, 2.45) is 5.92 Å². The second-order valence-corrected chi connectivity index (χ2v) is 6.30. The van der Waals surface area contributed by atoms with Gasteiger partial charge in [0.25, 0.3) is 0 Å². The van der Waals surface area contributed by atoms with E-state index in [1.54, 1.807) is 12.1 Å². The Morgan fingerprint density at radius 3 is 2.56 bits per heavy atom. The van der Waals surface area contributed by atoms with E-state index in [4.69, 9.17) is 0 Å². The van der Waals surface area contributed by atoms with Gasteiger partial charge in [-0.2, -0.15) is 0 Å². The fourth-order valence-corrected chi connectivity index (χ4v) is 3.75. The van der Waals surface area contributed by atoms with Gasteiger partial charge >= 0.3 is 0 Å². The van der Waals surface area contributed by atoms with Crippen LogP contribution >= 0.6 is 31.9 Å². The predicted molar refractivity (Wildman–Crippen MR) is 66.2 cm³/mol. The molecule has 4 rings (SSSR count). The van der Waals surface area contributed by atoms with Crippen molar-refractivity contribution >= 4 is 37.6 Å². The van der Waals surface area contributed by atoms with E-state index in [9.17, 15) is 9.18 Å². The minimum absolute atomic E-state index is 0.170. The Bertz CT molecular complexity index is 480. The summed E-state index contributed by atoms with van der Waals surface area (Å²) in [4.78, 5) is 11.7. The van der Waals surface area contributed by atoms with Crippen molar-refractivity contribution in [2.75, 3.05) is 0 Å². The topological polar surface area (TPSA) is 17.1 Å². The first-order valence-electron chi connectivity index (χ1n) is 5.24. The fourth-order valence-electron chi connectivity index (χ4n) is 2.61. The van der Waals surface area contributed by atoms with E-state index in [-0.39, 0.29) is 22.3 Å². The molecule has 0 amide bonds. The van der Waals surface area contributed by atoms with Gasteiger partial charge in [-0.1, -0.05) is 15.9 Å². The first-order valence-corrected chi connectivity index (χ1v) is 6.95. The molecule has 0 aliphatic heterocycles. The average Bonchev–Trinajstić information content (AvgIpc) is 2.32. The van der Waals surface area contributed by atoms with Gasteiger partial charge in [0.15, 0.2) is 5.78 Å². The Morgan fingerprint density at radius 2 is 1.88 bits per heavy atom. The molecule has 0 saturated heterocycles. The maximum Gasteiger partial charge on any atom is 0.154 e. The highest BCUT2D eigenvalue weighted by molar-refractivity contribution is 9.10. The summed E-state index contributed by atoms with van der Waals surface area (Å²) in [6, 6.07) is 3.32. The molecule has 0 radical (unpaired) electrons. The zero-order valence-electron chi connectivity index (χ0n) is 8.34. The van der Waals surface area contributed by atoms with Gasteiger partial charge in [-0.3, -0.25) is 4.79 Å². The molecule has 4 heteroatoms. The molecule has 0 aromatic heterocycles. The second-order valence-electron chi connectivity index (χ2n) is 4.53. The van der Waals surface area contributed by atoms with Crippen molar-refractivity contribution in [2.45, 2.75) is 23.6 Å². The van der Waals surface area contributed by atoms with Gasteiger partial charge in [0.2, 0.25) is 0 Å². The van der Waals surface area contributed by atoms with Crippen molar-refractivity contribution in [3.8, 4) is 0 Å². The largest absolute Gasteiger partial charge is 0.298 e. The minimum Gasteiger partial charge on any atom is -0.298 e. The van der Waals surface area contributed by atoms with Crippen LogP contribution < -0.4 is 0 Å². The number of benzene rings is 1. The summed E-state index contributed by atoms with van der Waals surface area (Å²) in [6.45, 7) is 0. The summed E-state index contributed by atoms with van der Waals surface area (Å²) in [5.41, 5.74) is 1.94. The first-order chi connectivity index (χ1) is 7.58. The van der Waals surface area contributed by atoms with Gasteiger partial charge in [0.1, 0.15) is 5.82 Å². The molecule has 2 bridgehead atoms. The van der Waals surface area contributed by atoms with Crippen LogP contribution in [0.4, 0.5) is 4.39 Å². The lowest BCUT2D eigenvalue weighted by Crippen LogP contribution is -2.26. The lowest BCUT2D eigenvalue weighted by molar-refractivity contribution is -0.124. The molecule has 1 aromatic carbocycles. The van der Waals surface area contributed by atoms with Crippen LogP contribution in [0, 0.1) is 11.7 Å². The molecule has 1 atom stereocenters. The molecular weight excluding hydrogens is 339 g/mol. The minimum atomic E-state index is -0.267. The zero-order valence-corrected chi connectivity index (χ0v) is 11.5. The van der Waals surface area contributed by atoms with E-state index >= 15 is 0 Å². The lowest BCUT2D eigenvalue weighted by atomic mass is 9.72. The highest BCUT2D eigenvalue weighted by atomic mass is 79.9. The molecule has 16 heavy (non-hydrogen) atoms. The van der Waals surface area contributed by atoms with Crippen LogP contribution in [0.2, 0.25) is 0 Å². The van der Waals surface area contributed by atoms with Crippen LogP contribution in [0.15, 0.2) is 16.6 Å². The molecule has 1 aromatic rings. The third-order valence-electron chi connectivity index (χ3n) is 3.63. The van der Waals surface area contributed by atoms with E-state index in [1.807, 2.05) is 0 Å². The molecule has 0 spiro atoms. The number of fused-ring (bicyclic) bond motifs is 1. The molecule has 84 valence electrons. The van der Waals surface area contributed by atoms with E-state index in [0.29, 0.717) is 10.4 Å². The van der Waals surface area contributed by atoms with Gasteiger partial charge < -0.3 is 0 Å². The van der Waals surface area contributed by atoms with Crippen LogP contribution in [0.3, 0.4) is 0 Å². The number of alkyl halides is 1. The van der Waals surface area contributed by atoms with Gasteiger partial charge in [-0.05, 0) is 57.9 Å². The number of halogens is 3. The molecular formula is C12H9Br2FO. The SMILES string of the molecule is O=C1C2CC(C2)c2cc(F)c(Br)cc2C1Br. The summed E-state index contributed by atoms with van der Waals surface area (Å²) in [6.07, 6.45) is 1.77. The number of carbonyl (C=O) groups is 1. The molecule has 3 aliphatic carbocycles. The number of carbonyl (C=O) groups excluding carboxylic acids is 1. The molecule has 0 N–H and O–H groups in total. The number of ketones is 1. The highest BCUT2D eigenvalue weighted by Gasteiger charge is 2.43. The van der Waals surface area contributed by atoms with Gasteiger partial charge in [-0.15, -0.1) is 0 Å². The van der Waals surface area contributed by atoms with Crippen LogP contribution in [0.5, 0.6) is 0 Å². The van der Waals surface area contributed by atoms with E-state index in [0.717, 1.165) is 24.0 Å². The Morgan fingerprint density at radius 1 is 1.19 bits per heavy atom. The number of hydrogen-bond acceptors (Lipinski definition) is 1. The summed E-state index contributed by atoms with van der Waals surface area (Å²) in [5.74, 6) is 0.544. The summed E-state index contributed by atoms with van der Waals surface area (Å²) < 4.78 is 13.9. The van der Waals surface area contributed by atoms with Crippen LogP contribution in [-0.2, 0) is 4.79 Å². The number of hydrogen-bond donors (Lipinski definition) is 0. The Labute approximate surface area is 110 Å². The lowest BCUT2D eigenvalue weighted by Gasteiger charge is -2.31. The molecule has 1 saturated carbocycles. The normalized spacial score (nSPS) is 31.7. The van der Waals surface area contributed by atoms with Crippen LogP contribution in [0.25, 0.3) is 0 Å². The second kappa shape index (κ2) is 3.64. The molecule has 1 nitrogen and oxygen atoms in total. The van der Waals surface area contributed by atoms with E-state index in [2.05, 4.69) is 31.9 Å². The van der Waals surface area contributed by atoms with Crippen molar-refractivity contribution in [1.82, 2.24) is 0 Å². The first kappa shape index (κ1) is 10.9. The number of Topliss-reactive ketones (excluding diaryl/α,β-unsaturated/α-hetero) is 1. The van der Waals surface area contributed by atoms with Gasteiger partial charge in [-0.25, -0.2) is 4.39 Å². The Kier molecular flexibility index (Phi) is 2.48. The summed E-state index contributed by atoms with van der Waals surface area (Å²) in [7, 11) is 0. The third-order valence-corrected chi connectivity index (χ3v) is 5.18. The smallest absolute Gasteiger partial charge is 0.154 e. The monoisotopic (exact) mass is 346 g/mol. The van der Waals surface area contributed by atoms with E-state index < -0.39 is 0 Å². The molecule has 0 heterocycles. The zero-order chi connectivity index (χ0) is 11.4. The average molecular weight is 348 g/mol. The van der Waals surface area contributed by atoms with Crippen molar-refractivity contribution in [3.63, 3.8) is 0 Å². The van der Waals surface area contributed by atoms with Crippen molar-refractivity contribution in [1.29, 1.82) is 0 Å². The quantitative estimate of drug-likeness (QED) is 0.646. The van der Waals surface area contributed by atoms with E-state index in [1.165, 1.54) is 0 Å². The highest BCUT2D eigenvalue weighted by Crippen LogP contribution is 2.52. The molecule has 1 fully saturated rings. The maximum atomic E-state index is 13.5. The van der Waals surface area contributed by atoms with Crippen molar-refractivity contribution < 1.29 is 9.18 Å². The standard InChI is InChI=1S/C12H9Br2FO/c13-9-3-8-7(4-10(9)15)5-1-6(2-5)12(16)11(8)14/h3-6,11H,1-2H2. The summed E-state index contributed by atoms with van der Waals surface area (Å²) >= 11 is 6.61. The Balaban J connectivity index is 2.20. The maximum absolute atomic E-state index is 13.5. The van der Waals surface area contributed by atoms with Gasteiger partial charge in [0, 0.05) is 5.92 Å². The summed E-state index contributed by atoms with van der Waals surface area (Å²) in [5, 5.41) is 0. The number of rotatable bonds is 0.